The van der Waals surface area contributed by atoms with Gasteiger partial charge in [0.1, 0.15) is 10.6 Å². The minimum atomic E-state index is -0.627. The first-order valence-corrected chi connectivity index (χ1v) is 12.2. The largest absolute Gasteiger partial charge is 1.00 e. The maximum Gasteiger partial charge on any atom is 1.00 e. The van der Waals surface area contributed by atoms with E-state index in [-0.39, 0.29) is 71.7 Å². The SMILES string of the molecule is CCc1cc2c(=O)n(CC(C)=O)c(=O)n(Cc3ccc(-c4ccccc4-c4noc(=O)[nH]4)cc3)c2s1.[H-].[K+]. The van der Waals surface area contributed by atoms with Crippen molar-refractivity contribution in [3.63, 3.8) is 0 Å². The van der Waals surface area contributed by atoms with Crippen molar-refractivity contribution in [2.45, 2.75) is 33.4 Å². The first-order chi connectivity index (χ1) is 17.4. The smallest absolute Gasteiger partial charge is 1.00 e. The van der Waals surface area contributed by atoms with E-state index in [2.05, 4.69) is 14.7 Å². The van der Waals surface area contributed by atoms with Gasteiger partial charge in [0.05, 0.1) is 18.5 Å². The molecule has 3 heterocycles. The molecule has 0 bridgehead atoms. The van der Waals surface area contributed by atoms with Gasteiger partial charge in [-0.05, 0) is 36.1 Å². The number of hydrogen-bond donors (Lipinski definition) is 1. The molecular weight excluding hydrogens is 519 g/mol. The Balaban J connectivity index is 0.00000200. The number of aromatic amines is 1. The Hall–Kier alpha value is -2.67. The van der Waals surface area contributed by atoms with Crippen LogP contribution in [0.3, 0.4) is 0 Å². The Morgan fingerprint density at radius 3 is 2.38 bits per heavy atom. The number of H-pyrrole nitrogens is 1. The molecule has 184 valence electrons. The summed E-state index contributed by atoms with van der Waals surface area (Å²) in [4.78, 5) is 53.6. The van der Waals surface area contributed by atoms with E-state index in [4.69, 9.17) is 0 Å². The molecule has 1 N–H and O–H groups in total. The molecule has 37 heavy (non-hydrogen) atoms. The summed E-state index contributed by atoms with van der Waals surface area (Å²) in [5, 5.41) is 4.25. The van der Waals surface area contributed by atoms with E-state index in [1.807, 2.05) is 61.5 Å². The summed E-state index contributed by atoms with van der Waals surface area (Å²) in [6.07, 6.45) is 0.741. The van der Waals surface area contributed by atoms with Gasteiger partial charge in [0.2, 0.25) is 0 Å². The summed E-state index contributed by atoms with van der Waals surface area (Å²) in [7, 11) is 0. The van der Waals surface area contributed by atoms with Gasteiger partial charge in [-0.1, -0.05) is 60.6 Å². The van der Waals surface area contributed by atoms with E-state index < -0.39 is 17.0 Å². The summed E-state index contributed by atoms with van der Waals surface area (Å²) in [6.45, 7) is 3.34. The average molecular weight is 543 g/mol. The monoisotopic (exact) mass is 542 g/mol. The Morgan fingerprint density at radius 1 is 1.05 bits per heavy atom. The van der Waals surface area contributed by atoms with Crippen LogP contribution in [-0.4, -0.2) is 25.1 Å². The fraction of sp³-hybridized carbons (Fsp3) is 0.192. The summed E-state index contributed by atoms with van der Waals surface area (Å²) < 4.78 is 7.23. The van der Waals surface area contributed by atoms with Gasteiger partial charge in [0.15, 0.2) is 5.82 Å². The van der Waals surface area contributed by atoms with Crippen LogP contribution >= 0.6 is 11.3 Å². The molecule has 11 heteroatoms. The van der Waals surface area contributed by atoms with Crippen LogP contribution in [0.25, 0.3) is 32.7 Å². The summed E-state index contributed by atoms with van der Waals surface area (Å²) in [6, 6.07) is 17.0. The molecule has 0 spiro atoms. The van der Waals surface area contributed by atoms with E-state index in [0.29, 0.717) is 16.0 Å². The van der Waals surface area contributed by atoms with Crippen molar-refractivity contribution in [1.82, 2.24) is 19.3 Å². The van der Waals surface area contributed by atoms with Crippen LogP contribution in [0.5, 0.6) is 0 Å². The van der Waals surface area contributed by atoms with Gasteiger partial charge in [-0.25, -0.2) is 9.59 Å². The normalized spacial score (nSPS) is 11.0. The van der Waals surface area contributed by atoms with Gasteiger partial charge < -0.3 is 1.43 Å². The van der Waals surface area contributed by atoms with Gasteiger partial charge in [0, 0.05) is 10.4 Å². The summed E-state index contributed by atoms with van der Waals surface area (Å²) >= 11 is 1.42. The van der Waals surface area contributed by atoms with Gasteiger partial charge in [0.25, 0.3) is 5.56 Å². The third-order valence-corrected chi connectivity index (χ3v) is 7.21. The molecule has 5 aromatic rings. The molecule has 0 saturated carbocycles. The van der Waals surface area contributed by atoms with Crippen LogP contribution < -0.4 is 68.4 Å². The average Bonchev–Trinajstić information content (AvgIpc) is 3.51. The Bertz CT molecular complexity index is 1780. The van der Waals surface area contributed by atoms with Gasteiger partial charge in [-0.2, -0.15) is 0 Å². The van der Waals surface area contributed by atoms with Crippen molar-refractivity contribution in [2.24, 2.45) is 0 Å². The third-order valence-electron chi connectivity index (χ3n) is 5.90. The number of aromatic nitrogens is 4. The molecule has 0 radical (unpaired) electrons. The van der Waals surface area contributed by atoms with E-state index in [0.717, 1.165) is 38.1 Å². The number of rotatable bonds is 7. The quantitative estimate of drug-likeness (QED) is 0.300. The number of thiophene rings is 1. The number of nitrogens with zero attached hydrogens (tertiary/aromatic N) is 3. The number of Topliss-reactive ketones (excluding diaryl/α,β-unsaturated/α-hetero) is 1. The fourth-order valence-corrected chi connectivity index (χ4v) is 5.26. The molecule has 3 aromatic heterocycles. The minimum absolute atomic E-state index is 0. The number of carbonyl (C=O) groups excluding carboxylic acids is 1. The van der Waals surface area contributed by atoms with E-state index >= 15 is 0 Å². The molecule has 0 unspecified atom stereocenters. The molecule has 5 rings (SSSR count). The second kappa shape index (κ2) is 11.4. The topological polar surface area (TPSA) is 120 Å². The first-order valence-electron chi connectivity index (χ1n) is 11.4. The molecule has 0 aliphatic rings. The molecule has 0 amide bonds. The van der Waals surface area contributed by atoms with E-state index in [1.54, 1.807) is 4.57 Å². The summed E-state index contributed by atoms with van der Waals surface area (Å²) in [5.74, 6) is -0.550. The maximum absolute atomic E-state index is 13.3. The van der Waals surface area contributed by atoms with Crippen molar-refractivity contribution < 1.29 is 62.1 Å². The zero-order valence-electron chi connectivity index (χ0n) is 21.6. The molecule has 0 aliphatic heterocycles. The van der Waals surface area contributed by atoms with Crippen molar-refractivity contribution >= 4 is 27.3 Å². The Labute approximate surface area is 258 Å². The molecule has 9 nitrogen and oxygen atoms in total. The second-order valence-corrected chi connectivity index (χ2v) is 9.55. The first kappa shape index (κ1) is 27.4. The molecule has 2 aromatic carbocycles. The van der Waals surface area contributed by atoms with Crippen LogP contribution in [-0.2, 0) is 24.3 Å². The Morgan fingerprint density at radius 2 is 1.76 bits per heavy atom. The number of aryl methyl sites for hydroxylation is 1. The minimum Gasteiger partial charge on any atom is -1.00 e. The zero-order chi connectivity index (χ0) is 25.4. The van der Waals surface area contributed by atoms with Crippen molar-refractivity contribution in [3.05, 3.63) is 96.4 Å². The predicted octanol–water partition coefficient (Wildman–Crippen LogP) is 0.551. The predicted molar refractivity (Wildman–Crippen MR) is 139 cm³/mol. The van der Waals surface area contributed by atoms with E-state index in [9.17, 15) is 19.2 Å². The van der Waals surface area contributed by atoms with Crippen LogP contribution in [0.2, 0.25) is 0 Å². The number of ketones is 1. The molecule has 0 atom stereocenters. The van der Waals surface area contributed by atoms with Crippen LogP contribution in [0.4, 0.5) is 0 Å². The van der Waals surface area contributed by atoms with Crippen LogP contribution in [0, 0.1) is 0 Å². The van der Waals surface area contributed by atoms with Gasteiger partial charge >= 0.3 is 62.8 Å². The van der Waals surface area contributed by atoms with Crippen molar-refractivity contribution in [1.29, 1.82) is 0 Å². The zero-order valence-corrected chi connectivity index (χ0v) is 24.5. The van der Waals surface area contributed by atoms with Crippen molar-refractivity contribution in [2.75, 3.05) is 0 Å². The Kier molecular flexibility index (Phi) is 8.41. The fourth-order valence-electron chi connectivity index (χ4n) is 4.19. The maximum atomic E-state index is 13.3. The van der Waals surface area contributed by atoms with Gasteiger partial charge in [-0.15, -0.1) is 11.3 Å². The number of fused-ring (bicyclic) bond motifs is 1. The number of benzene rings is 2. The molecule has 0 saturated heterocycles. The number of hydrogen-bond acceptors (Lipinski definition) is 7. The second-order valence-electron chi connectivity index (χ2n) is 8.43. The van der Waals surface area contributed by atoms with Gasteiger partial charge in [-0.3, -0.25) is 28.2 Å². The third kappa shape index (κ3) is 5.47. The molecule has 0 aliphatic carbocycles. The van der Waals surface area contributed by atoms with Crippen LogP contribution in [0.15, 0.2) is 73.5 Å². The molecule has 0 fully saturated rings. The van der Waals surface area contributed by atoms with Crippen molar-refractivity contribution in [3.8, 4) is 22.5 Å². The number of carbonyl (C=O) groups is 1. The van der Waals surface area contributed by atoms with E-state index in [1.165, 1.54) is 18.3 Å². The number of nitrogens with one attached hydrogen (secondary N) is 1. The molecular formula is C26H23KN4O5S. The summed E-state index contributed by atoms with van der Waals surface area (Å²) in [5.41, 5.74) is 2.38. The standard InChI is InChI=1S/C26H22N4O5S.K.H/c1-3-18-12-21-23(32)29(13-15(2)31)26(34)30(24(21)36-18)14-16-8-10-17(11-9-16)19-6-4-5-7-20(19)22-27-25(33)35-28-22;;/h4-12H,3,13-14H2,1-2H3,(H,27,28,33);;/q;+1;-1. The van der Waals surface area contributed by atoms with Crippen LogP contribution in [0.1, 0.15) is 25.7 Å².